The summed E-state index contributed by atoms with van der Waals surface area (Å²) in [7, 11) is 0. The van der Waals surface area contributed by atoms with Crippen molar-refractivity contribution in [3.8, 4) is 17.3 Å². The largest absolute Gasteiger partial charge is 0.354 e. The van der Waals surface area contributed by atoms with Crippen molar-refractivity contribution in [1.29, 1.82) is 5.26 Å². The zero-order chi connectivity index (χ0) is 24.3. The smallest absolute Gasteiger partial charge is 0.259 e. The van der Waals surface area contributed by atoms with E-state index in [0.29, 0.717) is 52.4 Å². The van der Waals surface area contributed by atoms with Gasteiger partial charge in [-0.05, 0) is 55.7 Å². The minimum absolute atomic E-state index is 0.0854. The number of amides is 1. The van der Waals surface area contributed by atoms with Crippen molar-refractivity contribution >= 4 is 17.4 Å². The van der Waals surface area contributed by atoms with Crippen LogP contribution in [0.25, 0.3) is 11.3 Å². The Bertz CT molecular complexity index is 1250. The van der Waals surface area contributed by atoms with Gasteiger partial charge in [0.2, 0.25) is 5.92 Å². The standard InChI is InChI=1S/C26H25F2N5O/c1-17-5-3-6-21(15-17)30-25(34)22-18(2)23(20-9-7-19(16-29)8-10-20)31-32-24(22)33-13-4-11-26(27,28)12-14-33/h3,5-10,15H,4,11-14H2,1-2H3,(H,30,34). The molecule has 4 rings (SSSR count). The van der Waals surface area contributed by atoms with Gasteiger partial charge in [0.15, 0.2) is 5.82 Å². The van der Waals surface area contributed by atoms with Gasteiger partial charge in [-0.3, -0.25) is 4.79 Å². The van der Waals surface area contributed by atoms with Gasteiger partial charge in [-0.1, -0.05) is 24.3 Å². The van der Waals surface area contributed by atoms with Gasteiger partial charge in [0.05, 0.1) is 22.9 Å². The van der Waals surface area contributed by atoms with Crippen LogP contribution in [0.15, 0.2) is 48.5 Å². The maximum Gasteiger partial charge on any atom is 0.259 e. The van der Waals surface area contributed by atoms with Crippen LogP contribution in [0.3, 0.4) is 0 Å². The SMILES string of the molecule is Cc1cccc(NC(=O)c2c(N3CCCC(F)(F)CC3)nnc(-c3ccc(C#N)cc3)c2C)c1. The predicted molar refractivity (Wildman–Crippen MR) is 127 cm³/mol. The van der Waals surface area contributed by atoms with E-state index >= 15 is 0 Å². The number of nitrogens with zero attached hydrogens (tertiary/aromatic N) is 4. The third kappa shape index (κ3) is 5.04. The summed E-state index contributed by atoms with van der Waals surface area (Å²) in [5.41, 5.74) is 4.25. The number of nitriles is 1. The normalized spacial score (nSPS) is 15.3. The van der Waals surface area contributed by atoms with Crippen LogP contribution in [0.2, 0.25) is 0 Å². The number of benzene rings is 2. The summed E-state index contributed by atoms with van der Waals surface area (Å²) < 4.78 is 28.0. The van der Waals surface area contributed by atoms with Crippen LogP contribution in [0.1, 0.15) is 46.3 Å². The molecule has 0 atom stereocenters. The van der Waals surface area contributed by atoms with Crippen LogP contribution in [-0.2, 0) is 0 Å². The molecule has 1 aromatic heterocycles. The molecule has 1 aliphatic rings. The number of halogens is 2. The van der Waals surface area contributed by atoms with Crippen LogP contribution in [0.5, 0.6) is 0 Å². The van der Waals surface area contributed by atoms with Crippen molar-refractivity contribution in [3.05, 3.63) is 70.8 Å². The molecular weight excluding hydrogens is 436 g/mol. The quantitative estimate of drug-likeness (QED) is 0.554. The molecule has 0 radical (unpaired) electrons. The lowest BCUT2D eigenvalue weighted by molar-refractivity contribution is -0.0102. The zero-order valence-electron chi connectivity index (χ0n) is 19.1. The van der Waals surface area contributed by atoms with E-state index < -0.39 is 5.92 Å². The van der Waals surface area contributed by atoms with Crippen molar-refractivity contribution in [2.45, 2.75) is 39.0 Å². The van der Waals surface area contributed by atoms with E-state index in [0.717, 1.165) is 5.56 Å². The van der Waals surface area contributed by atoms with Gasteiger partial charge in [-0.25, -0.2) is 8.78 Å². The van der Waals surface area contributed by atoms with Gasteiger partial charge in [-0.2, -0.15) is 5.26 Å². The molecule has 0 unspecified atom stereocenters. The number of aryl methyl sites for hydroxylation is 1. The van der Waals surface area contributed by atoms with Crippen LogP contribution >= 0.6 is 0 Å². The Balaban J connectivity index is 1.78. The molecule has 1 saturated heterocycles. The molecule has 0 saturated carbocycles. The van der Waals surface area contributed by atoms with Crippen molar-refractivity contribution in [1.82, 2.24) is 10.2 Å². The highest BCUT2D eigenvalue weighted by molar-refractivity contribution is 6.09. The van der Waals surface area contributed by atoms with E-state index in [-0.39, 0.29) is 25.3 Å². The van der Waals surface area contributed by atoms with Crippen molar-refractivity contribution in [2.24, 2.45) is 0 Å². The Labute approximate surface area is 197 Å². The molecule has 8 heteroatoms. The summed E-state index contributed by atoms with van der Waals surface area (Å²) in [5, 5.41) is 20.7. The minimum Gasteiger partial charge on any atom is -0.354 e. The molecule has 2 heterocycles. The molecule has 34 heavy (non-hydrogen) atoms. The molecule has 174 valence electrons. The number of alkyl halides is 2. The molecular formula is C26H25F2N5O. The molecule has 3 aromatic rings. The Kier molecular flexibility index (Phi) is 6.55. The Hall–Kier alpha value is -3.86. The van der Waals surface area contributed by atoms with E-state index in [1.807, 2.05) is 25.1 Å². The first-order valence-corrected chi connectivity index (χ1v) is 11.2. The fraction of sp³-hybridized carbons (Fsp3) is 0.308. The second-order valence-corrected chi connectivity index (χ2v) is 8.58. The van der Waals surface area contributed by atoms with Crippen molar-refractivity contribution < 1.29 is 13.6 Å². The summed E-state index contributed by atoms with van der Waals surface area (Å²) in [5.74, 6) is -2.81. The highest BCUT2D eigenvalue weighted by atomic mass is 19.3. The fourth-order valence-corrected chi connectivity index (χ4v) is 4.17. The van der Waals surface area contributed by atoms with E-state index in [2.05, 4.69) is 21.6 Å². The summed E-state index contributed by atoms with van der Waals surface area (Å²) in [6, 6.07) is 16.4. The number of carbonyl (C=O) groups excluding carboxylic acids is 1. The van der Waals surface area contributed by atoms with E-state index in [1.54, 1.807) is 42.2 Å². The van der Waals surface area contributed by atoms with Crippen molar-refractivity contribution in [2.75, 3.05) is 23.3 Å². The van der Waals surface area contributed by atoms with Gasteiger partial charge in [0.25, 0.3) is 5.91 Å². The highest BCUT2D eigenvalue weighted by Gasteiger charge is 2.34. The van der Waals surface area contributed by atoms with Crippen LogP contribution in [0, 0.1) is 25.2 Å². The molecule has 1 amide bonds. The second kappa shape index (κ2) is 9.56. The molecule has 2 aromatic carbocycles. The lowest BCUT2D eigenvalue weighted by atomic mass is 10.0. The molecule has 0 aliphatic carbocycles. The monoisotopic (exact) mass is 461 g/mol. The number of nitrogens with one attached hydrogen (secondary N) is 1. The van der Waals surface area contributed by atoms with E-state index in [1.165, 1.54) is 0 Å². The van der Waals surface area contributed by atoms with Gasteiger partial charge in [-0.15, -0.1) is 10.2 Å². The summed E-state index contributed by atoms with van der Waals surface area (Å²) in [6.07, 6.45) is -0.196. The number of anilines is 2. The molecule has 0 spiro atoms. The first-order chi connectivity index (χ1) is 16.3. The number of carbonyl (C=O) groups is 1. The highest BCUT2D eigenvalue weighted by Crippen LogP contribution is 2.33. The van der Waals surface area contributed by atoms with E-state index in [4.69, 9.17) is 5.26 Å². The first kappa shape index (κ1) is 23.3. The lowest BCUT2D eigenvalue weighted by Crippen LogP contribution is -2.30. The topological polar surface area (TPSA) is 81.9 Å². The van der Waals surface area contributed by atoms with Crippen molar-refractivity contribution in [3.63, 3.8) is 0 Å². The second-order valence-electron chi connectivity index (χ2n) is 8.58. The Morgan fingerprint density at radius 3 is 2.56 bits per heavy atom. The molecule has 1 aliphatic heterocycles. The van der Waals surface area contributed by atoms with Crippen LogP contribution in [0.4, 0.5) is 20.3 Å². The zero-order valence-corrected chi connectivity index (χ0v) is 19.1. The maximum atomic E-state index is 14.0. The van der Waals surface area contributed by atoms with Gasteiger partial charge in [0.1, 0.15) is 0 Å². The third-order valence-corrected chi connectivity index (χ3v) is 6.01. The van der Waals surface area contributed by atoms with Gasteiger partial charge < -0.3 is 10.2 Å². The number of rotatable bonds is 4. The number of hydrogen-bond acceptors (Lipinski definition) is 5. The Morgan fingerprint density at radius 1 is 1.09 bits per heavy atom. The fourth-order valence-electron chi connectivity index (χ4n) is 4.17. The molecule has 0 bridgehead atoms. The van der Waals surface area contributed by atoms with Crippen LogP contribution in [-0.4, -0.2) is 35.1 Å². The average molecular weight is 462 g/mol. The van der Waals surface area contributed by atoms with Crippen LogP contribution < -0.4 is 10.2 Å². The molecule has 1 N–H and O–H groups in total. The molecule has 6 nitrogen and oxygen atoms in total. The van der Waals surface area contributed by atoms with Gasteiger partial charge >= 0.3 is 0 Å². The van der Waals surface area contributed by atoms with Gasteiger partial charge in [0, 0.05) is 37.2 Å². The minimum atomic E-state index is -2.73. The number of hydrogen-bond donors (Lipinski definition) is 1. The lowest BCUT2D eigenvalue weighted by Gasteiger charge is -2.25. The summed E-state index contributed by atoms with van der Waals surface area (Å²) >= 11 is 0. The summed E-state index contributed by atoms with van der Waals surface area (Å²) in [6.45, 7) is 4.16. The number of aromatic nitrogens is 2. The first-order valence-electron chi connectivity index (χ1n) is 11.2. The third-order valence-electron chi connectivity index (χ3n) is 6.01. The average Bonchev–Trinajstić information content (AvgIpc) is 2.99. The Morgan fingerprint density at radius 2 is 1.85 bits per heavy atom. The molecule has 1 fully saturated rings. The van der Waals surface area contributed by atoms with E-state index in [9.17, 15) is 13.6 Å². The predicted octanol–water partition coefficient (Wildman–Crippen LogP) is 5.51. The summed E-state index contributed by atoms with van der Waals surface area (Å²) in [4.78, 5) is 15.2. The maximum absolute atomic E-state index is 14.0.